The normalized spacial score (nSPS) is 22.7. The molecule has 3 rings (SSSR count). The van der Waals surface area contributed by atoms with E-state index < -0.39 is 0 Å². The number of nitrogens with one attached hydrogen (secondary N) is 1. The Morgan fingerprint density at radius 3 is 2.70 bits per heavy atom. The lowest BCUT2D eigenvalue weighted by Gasteiger charge is -2.34. The summed E-state index contributed by atoms with van der Waals surface area (Å²) in [6, 6.07) is 4.51. The fraction of sp³-hybridized carbons (Fsp3) is 0.722. The van der Waals surface area contributed by atoms with Gasteiger partial charge in [0.05, 0.1) is 0 Å². The Labute approximate surface area is 143 Å². The molecule has 2 aliphatic rings. The third-order valence-electron chi connectivity index (χ3n) is 5.10. The molecule has 0 saturated carbocycles. The van der Waals surface area contributed by atoms with E-state index in [1.54, 1.807) is 0 Å². The summed E-state index contributed by atoms with van der Waals surface area (Å²) in [7, 11) is 0. The van der Waals surface area contributed by atoms with Gasteiger partial charge in [-0.2, -0.15) is 0 Å². The number of carbonyl (C=O) groups is 1. The van der Waals surface area contributed by atoms with Crippen LogP contribution in [0.2, 0.25) is 0 Å². The zero-order chi connectivity index (χ0) is 16.1. The molecular weight excluding hydrogens is 306 g/mol. The van der Waals surface area contributed by atoms with E-state index >= 15 is 0 Å². The van der Waals surface area contributed by atoms with Crippen molar-refractivity contribution < 1.29 is 4.79 Å². The summed E-state index contributed by atoms with van der Waals surface area (Å²) < 4.78 is 0. The van der Waals surface area contributed by atoms with Crippen molar-refractivity contribution >= 4 is 17.2 Å². The monoisotopic (exact) mass is 335 g/mol. The molecular formula is C18H29N3OS. The van der Waals surface area contributed by atoms with Gasteiger partial charge in [0.1, 0.15) is 0 Å². The molecule has 0 spiro atoms. The van der Waals surface area contributed by atoms with E-state index in [2.05, 4.69) is 34.2 Å². The van der Waals surface area contributed by atoms with Gasteiger partial charge >= 0.3 is 0 Å². The second kappa shape index (κ2) is 8.27. The molecule has 2 saturated heterocycles. The van der Waals surface area contributed by atoms with Crippen LogP contribution in [-0.2, 0) is 17.8 Å². The molecule has 2 fully saturated rings. The lowest BCUT2D eigenvalue weighted by Crippen LogP contribution is -2.48. The van der Waals surface area contributed by atoms with Crippen LogP contribution in [0.1, 0.15) is 35.9 Å². The van der Waals surface area contributed by atoms with E-state index in [-0.39, 0.29) is 0 Å². The van der Waals surface area contributed by atoms with Crippen molar-refractivity contribution in [3.05, 3.63) is 21.9 Å². The Bertz CT molecular complexity index is 502. The molecule has 0 aromatic carbocycles. The standard InChI is InChI=1S/C18H29N3OS/c1-2-16-4-5-17(23-16)14-20-9-11-21(12-10-20)18(22)6-3-15-7-8-19-13-15/h4-5,15,19H,2-3,6-14H2,1H3. The number of thiophene rings is 1. The van der Waals surface area contributed by atoms with Gasteiger partial charge in [0.2, 0.25) is 5.91 Å². The highest BCUT2D eigenvalue weighted by Gasteiger charge is 2.23. The minimum absolute atomic E-state index is 0.362. The number of carbonyl (C=O) groups excluding carboxylic acids is 1. The number of nitrogens with zero attached hydrogens (tertiary/aromatic N) is 2. The van der Waals surface area contributed by atoms with Crippen LogP contribution in [0.3, 0.4) is 0 Å². The Kier molecular flexibility index (Phi) is 6.08. The number of rotatable bonds is 6. The van der Waals surface area contributed by atoms with E-state index in [9.17, 15) is 4.79 Å². The second-order valence-electron chi connectivity index (χ2n) is 6.78. The number of hydrogen-bond acceptors (Lipinski definition) is 4. The molecule has 3 heterocycles. The van der Waals surface area contributed by atoms with Gasteiger partial charge in [-0.25, -0.2) is 0 Å². The number of aryl methyl sites for hydroxylation is 1. The lowest BCUT2D eigenvalue weighted by atomic mass is 10.0. The van der Waals surface area contributed by atoms with Crippen LogP contribution in [0.15, 0.2) is 12.1 Å². The summed E-state index contributed by atoms with van der Waals surface area (Å²) in [5, 5.41) is 3.38. The van der Waals surface area contributed by atoms with E-state index in [0.717, 1.165) is 65.1 Å². The van der Waals surface area contributed by atoms with Gasteiger partial charge in [-0.05, 0) is 50.4 Å². The molecule has 5 heteroatoms. The quantitative estimate of drug-likeness (QED) is 0.867. The summed E-state index contributed by atoms with van der Waals surface area (Å²) in [6.45, 7) is 9.29. The predicted molar refractivity (Wildman–Crippen MR) is 95.8 cm³/mol. The van der Waals surface area contributed by atoms with Crippen molar-refractivity contribution in [2.24, 2.45) is 5.92 Å². The van der Waals surface area contributed by atoms with Gasteiger partial charge in [-0.1, -0.05) is 6.92 Å². The topological polar surface area (TPSA) is 35.6 Å². The highest BCUT2D eigenvalue weighted by Crippen LogP contribution is 2.20. The van der Waals surface area contributed by atoms with E-state index in [0.29, 0.717) is 11.8 Å². The van der Waals surface area contributed by atoms with Crippen LogP contribution < -0.4 is 5.32 Å². The molecule has 4 nitrogen and oxygen atoms in total. The van der Waals surface area contributed by atoms with Gasteiger partial charge in [-0.3, -0.25) is 9.69 Å². The van der Waals surface area contributed by atoms with E-state index in [1.165, 1.54) is 16.2 Å². The fourth-order valence-corrected chi connectivity index (χ4v) is 4.52. The summed E-state index contributed by atoms with van der Waals surface area (Å²) in [5.74, 6) is 1.08. The van der Waals surface area contributed by atoms with Crippen molar-refractivity contribution in [1.82, 2.24) is 15.1 Å². The third kappa shape index (κ3) is 4.78. The summed E-state index contributed by atoms with van der Waals surface area (Å²) >= 11 is 1.93. The van der Waals surface area contributed by atoms with Crippen LogP contribution in [-0.4, -0.2) is 55.0 Å². The molecule has 23 heavy (non-hydrogen) atoms. The molecule has 128 valence electrons. The number of hydrogen-bond donors (Lipinski definition) is 1. The molecule has 0 bridgehead atoms. The SMILES string of the molecule is CCc1ccc(CN2CCN(C(=O)CCC3CCNC3)CC2)s1. The van der Waals surface area contributed by atoms with Crippen LogP contribution >= 0.6 is 11.3 Å². The van der Waals surface area contributed by atoms with Crippen LogP contribution in [0.4, 0.5) is 0 Å². The van der Waals surface area contributed by atoms with Crippen LogP contribution in [0.25, 0.3) is 0 Å². The first kappa shape index (κ1) is 16.9. The van der Waals surface area contributed by atoms with Crippen molar-refractivity contribution in [2.75, 3.05) is 39.3 Å². The molecule has 0 radical (unpaired) electrons. The Morgan fingerprint density at radius 2 is 2.04 bits per heavy atom. The third-order valence-corrected chi connectivity index (χ3v) is 6.31. The van der Waals surface area contributed by atoms with Gasteiger partial charge in [0, 0.05) is 48.9 Å². The first-order valence-corrected chi connectivity index (χ1v) is 9.84. The van der Waals surface area contributed by atoms with Gasteiger partial charge in [0.25, 0.3) is 0 Å². The largest absolute Gasteiger partial charge is 0.340 e. The highest BCUT2D eigenvalue weighted by atomic mass is 32.1. The van der Waals surface area contributed by atoms with Gasteiger partial charge in [0.15, 0.2) is 0 Å². The van der Waals surface area contributed by atoms with E-state index in [4.69, 9.17) is 0 Å². The van der Waals surface area contributed by atoms with Gasteiger partial charge < -0.3 is 10.2 Å². The fourth-order valence-electron chi connectivity index (χ4n) is 3.52. The van der Waals surface area contributed by atoms with Crippen molar-refractivity contribution in [2.45, 2.75) is 39.2 Å². The minimum Gasteiger partial charge on any atom is -0.340 e. The average Bonchev–Trinajstić information content (AvgIpc) is 3.25. The lowest BCUT2D eigenvalue weighted by molar-refractivity contribution is -0.133. The van der Waals surface area contributed by atoms with Crippen LogP contribution in [0, 0.1) is 5.92 Å². The summed E-state index contributed by atoms with van der Waals surface area (Å²) in [4.78, 5) is 19.8. The highest BCUT2D eigenvalue weighted by molar-refractivity contribution is 7.11. The summed E-state index contributed by atoms with van der Waals surface area (Å²) in [6.07, 6.45) is 4.16. The van der Waals surface area contributed by atoms with Crippen molar-refractivity contribution in [3.63, 3.8) is 0 Å². The Morgan fingerprint density at radius 1 is 1.26 bits per heavy atom. The predicted octanol–water partition coefficient (Wildman–Crippen LogP) is 2.34. The van der Waals surface area contributed by atoms with Crippen molar-refractivity contribution in [3.8, 4) is 0 Å². The smallest absolute Gasteiger partial charge is 0.222 e. The molecule has 2 aliphatic heterocycles. The molecule has 1 amide bonds. The minimum atomic E-state index is 0.362. The first-order chi connectivity index (χ1) is 11.2. The zero-order valence-electron chi connectivity index (χ0n) is 14.2. The van der Waals surface area contributed by atoms with Gasteiger partial charge in [-0.15, -0.1) is 11.3 Å². The maximum atomic E-state index is 12.4. The Balaban J connectivity index is 1.38. The van der Waals surface area contributed by atoms with Crippen molar-refractivity contribution in [1.29, 1.82) is 0 Å². The molecule has 0 aliphatic carbocycles. The Hall–Kier alpha value is -0.910. The molecule has 1 atom stereocenters. The molecule has 1 N–H and O–H groups in total. The maximum absolute atomic E-state index is 12.4. The maximum Gasteiger partial charge on any atom is 0.222 e. The van der Waals surface area contributed by atoms with E-state index in [1.807, 2.05) is 11.3 Å². The molecule has 1 aromatic heterocycles. The number of piperazine rings is 1. The first-order valence-electron chi connectivity index (χ1n) is 9.03. The van der Waals surface area contributed by atoms with Crippen LogP contribution in [0.5, 0.6) is 0 Å². The molecule has 1 unspecified atom stereocenters. The molecule has 1 aromatic rings. The zero-order valence-corrected chi connectivity index (χ0v) is 15.0. The summed E-state index contributed by atoms with van der Waals surface area (Å²) in [5.41, 5.74) is 0. The number of amides is 1. The average molecular weight is 336 g/mol. The second-order valence-corrected chi connectivity index (χ2v) is 8.03.